The van der Waals surface area contributed by atoms with E-state index < -0.39 is 5.97 Å². The Balaban J connectivity index is 1.53. The first kappa shape index (κ1) is 21.0. The van der Waals surface area contributed by atoms with E-state index in [0.29, 0.717) is 23.4 Å². The van der Waals surface area contributed by atoms with Crippen molar-refractivity contribution < 1.29 is 14.6 Å². The van der Waals surface area contributed by atoms with E-state index in [1.54, 1.807) is 5.57 Å². The highest BCUT2D eigenvalue weighted by Crippen LogP contribution is 2.86. The van der Waals surface area contributed by atoms with Gasteiger partial charge in [-0.15, -0.1) is 0 Å². The highest BCUT2D eigenvalue weighted by molar-refractivity contribution is 5.67. The summed E-state index contributed by atoms with van der Waals surface area (Å²) < 4.78 is 5.96. The maximum absolute atomic E-state index is 11.5. The monoisotopic (exact) mass is 414 g/mol. The lowest BCUT2D eigenvalue weighted by atomic mass is 9.48. The Bertz CT molecular complexity index is 811. The summed E-state index contributed by atoms with van der Waals surface area (Å²) in [5, 5.41) is 9.47. The smallest absolute Gasteiger partial charge is 0.303 e. The van der Waals surface area contributed by atoms with Crippen molar-refractivity contribution in [3.8, 4) is 0 Å². The van der Waals surface area contributed by atoms with Crippen molar-refractivity contribution in [2.45, 2.75) is 105 Å². The van der Waals surface area contributed by atoms with Crippen molar-refractivity contribution in [3.63, 3.8) is 0 Å². The van der Waals surface area contributed by atoms with Gasteiger partial charge >= 0.3 is 5.97 Å². The molecule has 3 heteroatoms. The van der Waals surface area contributed by atoms with Crippen molar-refractivity contribution in [1.82, 2.24) is 0 Å². The number of carboxylic acids is 1. The van der Waals surface area contributed by atoms with Gasteiger partial charge in [-0.2, -0.15) is 0 Å². The van der Waals surface area contributed by atoms with Crippen LogP contribution in [-0.4, -0.2) is 24.3 Å². The molecule has 2 spiro atoms. The van der Waals surface area contributed by atoms with E-state index in [-0.39, 0.29) is 22.2 Å². The van der Waals surface area contributed by atoms with Gasteiger partial charge in [-0.1, -0.05) is 45.8 Å². The third-order valence-electron chi connectivity index (χ3n) is 12.0. The van der Waals surface area contributed by atoms with Crippen LogP contribution >= 0.6 is 0 Å². The molecule has 0 bridgehead atoms. The van der Waals surface area contributed by atoms with Gasteiger partial charge in [0.1, 0.15) is 0 Å². The molecule has 3 nitrogen and oxygen atoms in total. The van der Waals surface area contributed by atoms with Crippen molar-refractivity contribution in [2.24, 2.45) is 38.9 Å². The predicted molar refractivity (Wildman–Crippen MR) is 119 cm³/mol. The number of allylic oxidation sites excluding steroid dienone is 2. The largest absolute Gasteiger partial charge is 0.481 e. The Hall–Kier alpha value is -0.830. The predicted octanol–water partition coefficient (Wildman–Crippen LogP) is 6.62. The first-order chi connectivity index (χ1) is 14.0. The van der Waals surface area contributed by atoms with Crippen LogP contribution in [0.4, 0.5) is 0 Å². The second-order valence-corrected chi connectivity index (χ2v) is 12.8. The Kier molecular flexibility index (Phi) is 4.31. The van der Waals surface area contributed by atoms with Gasteiger partial charge < -0.3 is 9.84 Å². The lowest BCUT2D eigenvalue weighted by Crippen LogP contribution is -2.51. The van der Waals surface area contributed by atoms with E-state index in [0.717, 1.165) is 5.92 Å². The normalized spacial score (nSPS) is 49.5. The molecular weight excluding hydrogens is 372 g/mol. The molecule has 0 aromatic carbocycles. The number of aliphatic carboxylic acids is 1. The second kappa shape index (κ2) is 6.15. The molecule has 168 valence electrons. The second-order valence-electron chi connectivity index (χ2n) is 12.8. The molecule has 4 saturated carbocycles. The van der Waals surface area contributed by atoms with E-state index in [1.807, 2.05) is 12.7 Å². The molecule has 0 aromatic heterocycles. The van der Waals surface area contributed by atoms with Crippen LogP contribution in [0, 0.1) is 38.9 Å². The van der Waals surface area contributed by atoms with Gasteiger partial charge in [0, 0.05) is 13.5 Å². The molecule has 0 aromatic rings. The van der Waals surface area contributed by atoms with Crippen LogP contribution < -0.4 is 0 Å². The molecule has 5 aliphatic rings. The van der Waals surface area contributed by atoms with E-state index in [9.17, 15) is 9.90 Å². The zero-order valence-corrected chi connectivity index (χ0v) is 20.1. The van der Waals surface area contributed by atoms with E-state index in [2.05, 4.69) is 34.6 Å². The molecule has 1 N–H and O–H groups in total. The molecule has 0 amide bonds. The lowest BCUT2D eigenvalue weighted by Gasteiger charge is -2.57. The zero-order chi connectivity index (χ0) is 21.7. The molecule has 7 atom stereocenters. The van der Waals surface area contributed by atoms with Crippen LogP contribution in [0.25, 0.3) is 0 Å². The van der Waals surface area contributed by atoms with Gasteiger partial charge in [-0.25, -0.2) is 0 Å². The highest BCUT2D eigenvalue weighted by Gasteiger charge is 2.78. The summed E-state index contributed by atoms with van der Waals surface area (Å²) in [5.41, 5.74) is 5.20. The number of carboxylic acid groups (broad SMARTS) is 1. The maximum Gasteiger partial charge on any atom is 0.303 e. The minimum atomic E-state index is -0.639. The Morgan fingerprint density at radius 2 is 1.80 bits per heavy atom. The van der Waals surface area contributed by atoms with Crippen molar-refractivity contribution >= 4 is 5.97 Å². The van der Waals surface area contributed by atoms with Crippen LogP contribution in [0.5, 0.6) is 0 Å². The number of rotatable bonds is 4. The van der Waals surface area contributed by atoms with Crippen LogP contribution in [-0.2, 0) is 9.53 Å². The summed E-state index contributed by atoms with van der Waals surface area (Å²) in [4.78, 5) is 11.5. The van der Waals surface area contributed by atoms with Crippen molar-refractivity contribution in [1.29, 1.82) is 0 Å². The summed E-state index contributed by atoms with van der Waals surface area (Å²) in [5.74, 6) is 0.378. The summed E-state index contributed by atoms with van der Waals surface area (Å²) in [6, 6.07) is 0. The zero-order valence-electron chi connectivity index (χ0n) is 20.1. The fourth-order valence-electron chi connectivity index (χ4n) is 10.0. The molecule has 1 unspecified atom stereocenters. The van der Waals surface area contributed by atoms with Gasteiger partial charge in [0.05, 0.1) is 6.10 Å². The first-order valence-electron chi connectivity index (χ1n) is 12.5. The summed E-state index contributed by atoms with van der Waals surface area (Å²) >= 11 is 0. The standard InChI is InChI=1S/C27H42O3/c1-17(15-22(28)29)24(4)11-9-18-19-7-8-20-23(2,3)21(30-6)10-12-27(20)16-26(19,27)14-13-25(18,24)5/h17,20-21H,7-16H2,1-6H3,(H,28,29)/t17-,20+,21-,24+,25+,26+,27?/m1/s1. The fourth-order valence-corrected chi connectivity index (χ4v) is 10.0. The Morgan fingerprint density at radius 3 is 2.47 bits per heavy atom. The number of hydrogen-bond acceptors (Lipinski definition) is 2. The molecule has 0 saturated heterocycles. The average Bonchev–Trinajstić information content (AvgIpc) is 3.25. The number of carbonyl (C=O) groups is 1. The number of hydrogen-bond donors (Lipinski definition) is 1. The summed E-state index contributed by atoms with van der Waals surface area (Å²) in [6.45, 7) is 12.1. The van der Waals surface area contributed by atoms with Gasteiger partial charge in [0.2, 0.25) is 0 Å². The molecule has 4 fully saturated rings. The third-order valence-corrected chi connectivity index (χ3v) is 12.0. The quantitative estimate of drug-likeness (QED) is 0.526. The average molecular weight is 415 g/mol. The molecule has 0 radical (unpaired) electrons. The van der Waals surface area contributed by atoms with E-state index in [4.69, 9.17) is 4.74 Å². The minimum absolute atomic E-state index is 0.112. The molecule has 0 heterocycles. The molecule has 30 heavy (non-hydrogen) atoms. The van der Waals surface area contributed by atoms with Gasteiger partial charge in [-0.3, -0.25) is 4.79 Å². The van der Waals surface area contributed by atoms with Gasteiger partial charge in [0.15, 0.2) is 0 Å². The van der Waals surface area contributed by atoms with Crippen LogP contribution in [0.1, 0.15) is 98.8 Å². The van der Waals surface area contributed by atoms with Gasteiger partial charge in [0.25, 0.3) is 0 Å². The van der Waals surface area contributed by atoms with Crippen molar-refractivity contribution in [2.75, 3.05) is 7.11 Å². The van der Waals surface area contributed by atoms with Crippen LogP contribution in [0.3, 0.4) is 0 Å². The fraction of sp³-hybridized carbons (Fsp3) is 0.889. The Labute approximate surface area is 183 Å². The van der Waals surface area contributed by atoms with Gasteiger partial charge in [-0.05, 0) is 96.7 Å². The molecule has 5 rings (SSSR count). The van der Waals surface area contributed by atoms with Crippen LogP contribution in [0.15, 0.2) is 11.1 Å². The Morgan fingerprint density at radius 1 is 1.07 bits per heavy atom. The summed E-state index contributed by atoms with van der Waals surface area (Å²) in [7, 11) is 1.91. The minimum Gasteiger partial charge on any atom is -0.481 e. The first-order valence-corrected chi connectivity index (χ1v) is 12.5. The SMILES string of the molecule is CO[C@@H]1CCC23C[C@]24CC[C@@]2(C)C(=C4CC[C@H]3C1(C)C)CC[C@@]2(C)[C@H](C)CC(=O)O. The van der Waals surface area contributed by atoms with Crippen molar-refractivity contribution in [3.05, 3.63) is 11.1 Å². The molecule has 0 aliphatic heterocycles. The maximum atomic E-state index is 11.5. The molecule has 5 aliphatic carbocycles. The third kappa shape index (κ3) is 2.24. The number of methoxy groups -OCH3 is 1. The number of ether oxygens (including phenoxy) is 1. The van der Waals surface area contributed by atoms with E-state index >= 15 is 0 Å². The highest BCUT2D eigenvalue weighted by atomic mass is 16.5. The van der Waals surface area contributed by atoms with Crippen LogP contribution in [0.2, 0.25) is 0 Å². The summed E-state index contributed by atoms with van der Waals surface area (Å²) in [6.07, 6.45) is 12.3. The number of fused-ring (bicyclic) bond motifs is 1. The van der Waals surface area contributed by atoms with E-state index in [1.165, 1.54) is 57.8 Å². The lowest BCUT2D eigenvalue weighted by molar-refractivity contribution is -0.139. The topological polar surface area (TPSA) is 46.5 Å². The molecular formula is C27H42O3.